The molecule has 1 heterocycles. The van der Waals surface area contributed by atoms with Crippen LogP contribution in [0.5, 0.6) is 5.88 Å². The molecule has 1 aromatic heterocycles. The molecule has 1 fully saturated rings. The van der Waals surface area contributed by atoms with Crippen molar-refractivity contribution < 1.29 is 9.53 Å². The van der Waals surface area contributed by atoms with Crippen LogP contribution in [0, 0.1) is 6.92 Å². The molecular weight excluding hydrogens is 230 g/mol. The molecule has 5 nitrogen and oxygen atoms in total. The van der Waals surface area contributed by atoms with Gasteiger partial charge in [0.25, 0.3) is 0 Å². The van der Waals surface area contributed by atoms with Crippen LogP contribution in [0.1, 0.15) is 41.7 Å². The molecule has 0 aromatic carbocycles. The molecule has 1 saturated carbocycles. The van der Waals surface area contributed by atoms with E-state index in [1.54, 1.807) is 12.1 Å². The lowest BCUT2D eigenvalue weighted by Crippen LogP contribution is -2.34. The smallest absolute Gasteiger partial charge is 0.248 e. The van der Waals surface area contributed by atoms with Crippen LogP contribution in [-0.4, -0.2) is 23.0 Å². The fourth-order valence-corrected chi connectivity index (χ4v) is 2.30. The van der Waals surface area contributed by atoms with Crippen molar-refractivity contribution >= 4 is 5.91 Å². The standard InChI is InChI=1S/C13H19N3O2/c1-8-5-9(13(15)17)6-12(16-8)18-11-4-2-3-10(14)7-11/h5-6,10-11H,2-4,7,14H2,1H3,(H2,15,17). The van der Waals surface area contributed by atoms with Crippen molar-refractivity contribution in [2.45, 2.75) is 44.8 Å². The molecule has 4 N–H and O–H groups in total. The Balaban J connectivity index is 2.10. The lowest BCUT2D eigenvalue weighted by molar-refractivity contribution is 0.0997. The molecular formula is C13H19N3O2. The molecule has 98 valence electrons. The van der Waals surface area contributed by atoms with Crippen molar-refractivity contribution in [3.63, 3.8) is 0 Å². The summed E-state index contributed by atoms with van der Waals surface area (Å²) in [7, 11) is 0. The maximum Gasteiger partial charge on any atom is 0.248 e. The Morgan fingerprint density at radius 2 is 2.22 bits per heavy atom. The summed E-state index contributed by atoms with van der Waals surface area (Å²) < 4.78 is 5.80. The number of hydrogen-bond acceptors (Lipinski definition) is 4. The second-order valence-electron chi connectivity index (χ2n) is 4.87. The summed E-state index contributed by atoms with van der Waals surface area (Å²) >= 11 is 0. The SMILES string of the molecule is Cc1cc(C(N)=O)cc(OC2CCCC(N)C2)n1. The van der Waals surface area contributed by atoms with Gasteiger partial charge in [-0.3, -0.25) is 4.79 Å². The van der Waals surface area contributed by atoms with Crippen molar-refractivity contribution in [3.05, 3.63) is 23.4 Å². The van der Waals surface area contributed by atoms with Gasteiger partial charge >= 0.3 is 0 Å². The Bertz CT molecular complexity index is 448. The monoisotopic (exact) mass is 249 g/mol. The second kappa shape index (κ2) is 5.35. The minimum absolute atomic E-state index is 0.0868. The van der Waals surface area contributed by atoms with E-state index >= 15 is 0 Å². The normalized spacial score (nSPS) is 23.7. The third kappa shape index (κ3) is 3.20. The molecule has 0 radical (unpaired) electrons. The number of rotatable bonds is 3. The van der Waals surface area contributed by atoms with Crippen LogP contribution in [0.4, 0.5) is 0 Å². The first kappa shape index (κ1) is 12.8. The Morgan fingerprint density at radius 3 is 2.89 bits per heavy atom. The minimum Gasteiger partial charge on any atom is -0.474 e. The van der Waals surface area contributed by atoms with Gasteiger partial charge in [-0.15, -0.1) is 0 Å². The third-order valence-corrected chi connectivity index (χ3v) is 3.17. The predicted molar refractivity (Wildman–Crippen MR) is 68.4 cm³/mol. The first-order valence-electron chi connectivity index (χ1n) is 6.25. The van der Waals surface area contributed by atoms with Gasteiger partial charge in [-0.05, 0) is 38.7 Å². The maximum absolute atomic E-state index is 11.2. The van der Waals surface area contributed by atoms with Gasteiger partial charge in [-0.1, -0.05) is 0 Å². The average Bonchev–Trinajstić information content (AvgIpc) is 2.28. The van der Waals surface area contributed by atoms with Gasteiger partial charge in [0.1, 0.15) is 6.10 Å². The summed E-state index contributed by atoms with van der Waals surface area (Å²) in [4.78, 5) is 15.4. The number of aryl methyl sites for hydroxylation is 1. The van der Waals surface area contributed by atoms with E-state index in [4.69, 9.17) is 16.2 Å². The van der Waals surface area contributed by atoms with Gasteiger partial charge < -0.3 is 16.2 Å². The van der Waals surface area contributed by atoms with Crippen LogP contribution in [-0.2, 0) is 0 Å². The molecule has 18 heavy (non-hydrogen) atoms. The fourth-order valence-electron chi connectivity index (χ4n) is 2.30. The second-order valence-corrected chi connectivity index (χ2v) is 4.87. The lowest BCUT2D eigenvalue weighted by atomic mass is 9.93. The maximum atomic E-state index is 11.2. The van der Waals surface area contributed by atoms with Crippen LogP contribution in [0.15, 0.2) is 12.1 Å². The zero-order valence-corrected chi connectivity index (χ0v) is 10.6. The summed E-state index contributed by atoms with van der Waals surface area (Å²) in [5.41, 5.74) is 12.3. The predicted octanol–water partition coefficient (Wildman–Crippen LogP) is 1.14. The third-order valence-electron chi connectivity index (χ3n) is 3.17. The number of hydrogen-bond donors (Lipinski definition) is 2. The number of carbonyl (C=O) groups excluding carboxylic acids is 1. The topological polar surface area (TPSA) is 91.2 Å². The Morgan fingerprint density at radius 1 is 1.44 bits per heavy atom. The van der Waals surface area contributed by atoms with Crippen molar-refractivity contribution in [1.82, 2.24) is 4.98 Å². The van der Waals surface area contributed by atoms with E-state index in [1.807, 2.05) is 6.92 Å². The number of nitrogens with zero attached hydrogens (tertiary/aromatic N) is 1. The Hall–Kier alpha value is -1.62. The van der Waals surface area contributed by atoms with Gasteiger partial charge in [0.15, 0.2) is 0 Å². The summed E-state index contributed by atoms with van der Waals surface area (Å²) in [6.45, 7) is 1.81. The van der Waals surface area contributed by atoms with Crippen molar-refractivity contribution in [2.75, 3.05) is 0 Å². The summed E-state index contributed by atoms with van der Waals surface area (Å²) in [5, 5.41) is 0. The van der Waals surface area contributed by atoms with E-state index in [0.717, 1.165) is 31.4 Å². The summed E-state index contributed by atoms with van der Waals surface area (Å²) in [6.07, 6.45) is 4.02. The van der Waals surface area contributed by atoms with E-state index in [2.05, 4.69) is 4.98 Å². The number of nitrogens with two attached hydrogens (primary N) is 2. The van der Waals surface area contributed by atoms with E-state index in [9.17, 15) is 4.79 Å². The molecule has 0 aliphatic heterocycles. The highest BCUT2D eigenvalue weighted by Gasteiger charge is 2.21. The van der Waals surface area contributed by atoms with Crippen LogP contribution in [0.25, 0.3) is 0 Å². The van der Waals surface area contributed by atoms with Crippen molar-refractivity contribution in [1.29, 1.82) is 0 Å². The number of primary amides is 1. The Kier molecular flexibility index (Phi) is 3.81. The van der Waals surface area contributed by atoms with Crippen molar-refractivity contribution in [3.8, 4) is 5.88 Å². The highest BCUT2D eigenvalue weighted by molar-refractivity contribution is 5.93. The molecule has 0 saturated heterocycles. The molecule has 2 atom stereocenters. The molecule has 1 amide bonds. The average molecular weight is 249 g/mol. The first-order chi connectivity index (χ1) is 8.54. The van der Waals surface area contributed by atoms with Gasteiger partial charge in [0.05, 0.1) is 0 Å². The number of carbonyl (C=O) groups is 1. The molecule has 5 heteroatoms. The molecule has 1 aliphatic carbocycles. The summed E-state index contributed by atoms with van der Waals surface area (Å²) in [5.74, 6) is -0.00593. The number of ether oxygens (including phenoxy) is 1. The van der Waals surface area contributed by atoms with E-state index in [-0.39, 0.29) is 12.1 Å². The quantitative estimate of drug-likeness (QED) is 0.840. The number of amides is 1. The molecule has 0 spiro atoms. The van der Waals surface area contributed by atoms with Gasteiger partial charge in [-0.25, -0.2) is 4.98 Å². The van der Waals surface area contributed by atoms with Crippen LogP contribution < -0.4 is 16.2 Å². The van der Waals surface area contributed by atoms with Gasteiger partial charge in [-0.2, -0.15) is 0 Å². The van der Waals surface area contributed by atoms with Gasteiger partial charge in [0.2, 0.25) is 11.8 Å². The zero-order chi connectivity index (χ0) is 13.1. The lowest BCUT2D eigenvalue weighted by Gasteiger charge is -2.26. The van der Waals surface area contributed by atoms with E-state index in [0.29, 0.717) is 11.4 Å². The zero-order valence-electron chi connectivity index (χ0n) is 10.6. The van der Waals surface area contributed by atoms with Crippen LogP contribution >= 0.6 is 0 Å². The van der Waals surface area contributed by atoms with Crippen LogP contribution in [0.3, 0.4) is 0 Å². The Labute approximate surface area is 107 Å². The van der Waals surface area contributed by atoms with Crippen molar-refractivity contribution in [2.24, 2.45) is 11.5 Å². The molecule has 0 bridgehead atoms. The van der Waals surface area contributed by atoms with Crippen LogP contribution in [0.2, 0.25) is 0 Å². The molecule has 2 unspecified atom stereocenters. The highest BCUT2D eigenvalue weighted by atomic mass is 16.5. The molecule has 1 aromatic rings. The highest BCUT2D eigenvalue weighted by Crippen LogP contribution is 2.22. The molecule has 2 rings (SSSR count). The minimum atomic E-state index is -0.467. The molecule has 1 aliphatic rings. The largest absolute Gasteiger partial charge is 0.474 e. The summed E-state index contributed by atoms with van der Waals surface area (Å²) in [6, 6.07) is 3.45. The van der Waals surface area contributed by atoms with E-state index < -0.39 is 5.91 Å². The van der Waals surface area contributed by atoms with E-state index in [1.165, 1.54) is 0 Å². The van der Waals surface area contributed by atoms with Gasteiger partial charge in [0, 0.05) is 23.4 Å². The number of aromatic nitrogens is 1. The first-order valence-corrected chi connectivity index (χ1v) is 6.25. The fraction of sp³-hybridized carbons (Fsp3) is 0.538. The number of pyridine rings is 1.